The van der Waals surface area contributed by atoms with Crippen LogP contribution in [-0.2, 0) is 54.4 Å². The van der Waals surface area contributed by atoms with E-state index in [0.29, 0.717) is 17.7 Å². The summed E-state index contributed by atoms with van der Waals surface area (Å²) in [6.07, 6.45) is -0.634. The fraction of sp³-hybridized carbons (Fsp3) is 0.673. The zero-order chi connectivity index (χ0) is 52.8. The summed E-state index contributed by atoms with van der Waals surface area (Å²) in [5.41, 5.74) is -1.20. The second-order valence-corrected chi connectivity index (χ2v) is 19.3. The molecule has 1 aliphatic heterocycles. The number of amides is 8. The predicted molar refractivity (Wildman–Crippen MR) is 257 cm³/mol. The summed E-state index contributed by atoms with van der Waals surface area (Å²) in [6, 6.07) is -0.769. The number of ketones is 2. The number of nitrogens with one attached hydrogen (secondary N) is 5. The Morgan fingerprint density at radius 2 is 1.25 bits per heavy atom. The van der Waals surface area contributed by atoms with Crippen LogP contribution in [0.3, 0.4) is 0 Å². The lowest BCUT2D eigenvalue weighted by Crippen LogP contribution is -2.59. The molecule has 9 atom stereocenters. The first-order valence-corrected chi connectivity index (χ1v) is 23.7. The van der Waals surface area contributed by atoms with Gasteiger partial charge >= 0.3 is 12.0 Å². The van der Waals surface area contributed by atoms with Gasteiger partial charge in [-0.3, -0.25) is 43.2 Å². The fourth-order valence-corrected chi connectivity index (χ4v) is 8.02. The van der Waals surface area contributed by atoms with Crippen molar-refractivity contribution in [3.05, 3.63) is 29.8 Å². The molecule has 20 heteroatoms. The number of carbonyl (C=O) groups excluding carboxylic acids is 10. The highest BCUT2D eigenvalue weighted by atomic mass is 16.5. The first-order chi connectivity index (χ1) is 32.1. The third-order valence-corrected chi connectivity index (χ3v) is 13.0. The highest BCUT2D eigenvalue weighted by molar-refractivity contribution is 6.09. The molecule has 9 unspecified atom stereocenters. The van der Waals surface area contributed by atoms with Gasteiger partial charge in [-0.15, -0.1) is 0 Å². The standard InChI is InChI=1S/C49H78N8O12/c1-17-28(7)39-44(63)50-23-36(58)55(14)38(26(3)4)40(60)32(11)57(25-33-19-21-34(68-16)22-20-33)48(67)53-30(9)42(61)49(12,13)47(66)52-31(10)43(62)54-35(18-2)29(8)46(65)69-41(27(5)6)45(64)51-24-37(59)56(39)15/h19-22,26-32,35,38-39,41H,17-18,23-25H2,1-16H3,(H,50,63)(H,51,64)(H,52,66)(H,53,67)(H,54,62). The molecule has 1 fully saturated rings. The van der Waals surface area contributed by atoms with Gasteiger partial charge in [-0.05, 0) is 83.4 Å². The van der Waals surface area contributed by atoms with Gasteiger partial charge in [0.15, 0.2) is 17.7 Å². The molecule has 1 heterocycles. The number of ether oxygens (including phenoxy) is 2. The van der Waals surface area contributed by atoms with E-state index in [9.17, 15) is 47.9 Å². The summed E-state index contributed by atoms with van der Waals surface area (Å²) in [7, 11) is 4.31. The van der Waals surface area contributed by atoms with Gasteiger partial charge in [0.1, 0.15) is 23.2 Å². The first-order valence-electron chi connectivity index (χ1n) is 23.7. The van der Waals surface area contributed by atoms with Crippen LogP contribution in [-0.4, -0.2) is 150 Å². The van der Waals surface area contributed by atoms with E-state index in [4.69, 9.17) is 9.47 Å². The maximum atomic E-state index is 14.6. The van der Waals surface area contributed by atoms with Gasteiger partial charge in [0.05, 0.1) is 44.2 Å². The number of rotatable bonds is 8. The summed E-state index contributed by atoms with van der Waals surface area (Å²) >= 11 is 0. The van der Waals surface area contributed by atoms with Crippen LogP contribution >= 0.6 is 0 Å². The Morgan fingerprint density at radius 1 is 0.710 bits per heavy atom. The number of Topliss-reactive ketones (excluding diaryl/α,β-unsaturated/α-hetero) is 2. The van der Waals surface area contributed by atoms with Crippen LogP contribution in [0.1, 0.15) is 108 Å². The smallest absolute Gasteiger partial charge is 0.318 e. The zero-order valence-corrected chi connectivity index (χ0v) is 43.4. The molecule has 2 rings (SSSR count). The van der Waals surface area contributed by atoms with Gasteiger partial charge < -0.3 is 50.8 Å². The Kier molecular flexibility index (Phi) is 22.3. The molecule has 0 aliphatic carbocycles. The van der Waals surface area contributed by atoms with Crippen LogP contribution in [0.2, 0.25) is 0 Å². The molecular formula is C49H78N8O12. The van der Waals surface area contributed by atoms with Gasteiger partial charge in [0, 0.05) is 26.7 Å². The van der Waals surface area contributed by atoms with E-state index in [2.05, 4.69) is 26.6 Å². The quantitative estimate of drug-likeness (QED) is 0.186. The van der Waals surface area contributed by atoms with E-state index in [1.807, 2.05) is 6.92 Å². The normalized spacial score (nSPS) is 27.0. The van der Waals surface area contributed by atoms with E-state index in [-0.39, 0.29) is 13.0 Å². The molecular weight excluding hydrogens is 893 g/mol. The van der Waals surface area contributed by atoms with Crippen LogP contribution in [0.4, 0.5) is 4.79 Å². The van der Waals surface area contributed by atoms with Crippen molar-refractivity contribution in [3.63, 3.8) is 0 Å². The topological polar surface area (TPSA) is 259 Å². The molecule has 1 saturated heterocycles. The lowest BCUT2D eigenvalue weighted by Gasteiger charge is -2.37. The molecule has 386 valence electrons. The molecule has 0 radical (unpaired) electrons. The van der Waals surface area contributed by atoms with Crippen LogP contribution in [0.15, 0.2) is 24.3 Å². The molecule has 0 aromatic heterocycles. The molecule has 1 aromatic rings. The summed E-state index contributed by atoms with van der Waals surface area (Å²) in [5, 5.41) is 13.1. The van der Waals surface area contributed by atoms with Crippen molar-refractivity contribution >= 4 is 59.0 Å². The summed E-state index contributed by atoms with van der Waals surface area (Å²) in [5.74, 6) is -8.15. The molecule has 0 bridgehead atoms. The van der Waals surface area contributed by atoms with Crippen molar-refractivity contribution in [1.29, 1.82) is 0 Å². The lowest BCUT2D eigenvalue weighted by atomic mass is 9.83. The number of urea groups is 1. The van der Waals surface area contributed by atoms with E-state index >= 15 is 0 Å². The average Bonchev–Trinajstić information content (AvgIpc) is 3.30. The lowest BCUT2D eigenvalue weighted by molar-refractivity contribution is -0.163. The highest BCUT2D eigenvalue weighted by Crippen LogP contribution is 2.23. The molecule has 0 saturated carbocycles. The van der Waals surface area contributed by atoms with Crippen LogP contribution in [0, 0.1) is 29.1 Å². The number of hydrogen-bond acceptors (Lipinski definition) is 12. The maximum absolute atomic E-state index is 14.6. The largest absolute Gasteiger partial charge is 0.497 e. The molecule has 1 aromatic carbocycles. The Balaban J connectivity index is 2.68. The number of likely N-dealkylation sites (N-methyl/N-ethyl adjacent to an activating group) is 2. The molecule has 20 nitrogen and oxygen atoms in total. The summed E-state index contributed by atoms with van der Waals surface area (Å²) in [4.78, 5) is 142. The van der Waals surface area contributed by atoms with Crippen LogP contribution in [0.25, 0.3) is 0 Å². The average molecular weight is 971 g/mol. The molecule has 8 amide bonds. The van der Waals surface area contributed by atoms with E-state index in [0.717, 1.165) is 0 Å². The fourth-order valence-electron chi connectivity index (χ4n) is 8.02. The number of benzene rings is 1. The minimum atomic E-state index is -1.80. The van der Waals surface area contributed by atoms with Crippen LogP contribution < -0.4 is 31.3 Å². The predicted octanol–water partition coefficient (Wildman–Crippen LogP) is 2.35. The van der Waals surface area contributed by atoms with Gasteiger partial charge in [-0.2, -0.15) is 0 Å². The van der Waals surface area contributed by atoms with Crippen molar-refractivity contribution in [1.82, 2.24) is 41.3 Å². The third kappa shape index (κ3) is 15.5. The molecule has 5 N–H and O–H groups in total. The third-order valence-electron chi connectivity index (χ3n) is 13.0. The number of esters is 1. The number of methoxy groups -OCH3 is 1. The van der Waals surface area contributed by atoms with E-state index in [1.54, 1.807) is 65.8 Å². The van der Waals surface area contributed by atoms with Crippen molar-refractivity contribution < 1.29 is 57.4 Å². The summed E-state index contributed by atoms with van der Waals surface area (Å²) in [6.45, 7) is 19.3. The van der Waals surface area contributed by atoms with Crippen molar-refractivity contribution in [2.45, 2.75) is 152 Å². The minimum absolute atomic E-state index is 0.126. The van der Waals surface area contributed by atoms with Gasteiger partial charge in [0.2, 0.25) is 29.5 Å². The van der Waals surface area contributed by atoms with Crippen molar-refractivity contribution in [3.8, 4) is 5.75 Å². The molecule has 0 spiro atoms. The molecule has 69 heavy (non-hydrogen) atoms. The Hall–Kier alpha value is -6.08. The zero-order valence-electron chi connectivity index (χ0n) is 43.4. The van der Waals surface area contributed by atoms with Crippen molar-refractivity contribution in [2.75, 3.05) is 34.3 Å². The monoisotopic (exact) mass is 971 g/mol. The number of nitrogens with zero attached hydrogens (tertiary/aromatic N) is 3. The van der Waals surface area contributed by atoms with E-state index < -0.39 is 144 Å². The first kappa shape index (κ1) is 59.0. The van der Waals surface area contributed by atoms with Crippen LogP contribution in [0.5, 0.6) is 5.75 Å². The Morgan fingerprint density at radius 3 is 1.74 bits per heavy atom. The van der Waals surface area contributed by atoms with Gasteiger partial charge in [-0.1, -0.05) is 67.0 Å². The number of cyclic esters (lactones) is 1. The second kappa shape index (κ2) is 26.1. The number of hydrogen-bond donors (Lipinski definition) is 5. The minimum Gasteiger partial charge on any atom is -0.497 e. The van der Waals surface area contributed by atoms with Gasteiger partial charge in [0.25, 0.3) is 5.91 Å². The molecule has 1 aliphatic rings. The maximum Gasteiger partial charge on any atom is 0.318 e. The van der Waals surface area contributed by atoms with E-state index in [1.165, 1.54) is 77.4 Å². The Labute approximate surface area is 407 Å². The van der Waals surface area contributed by atoms with Crippen molar-refractivity contribution in [2.24, 2.45) is 29.1 Å². The Bertz CT molecular complexity index is 2020. The second-order valence-electron chi connectivity index (χ2n) is 19.3. The summed E-state index contributed by atoms with van der Waals surface area (Å²) < 4.78 is 10.9. The van der Waals surface area contributed by atoms with Gasteiger partial charge in [-0.25, -0.2) is 4.79 Å². The SMILES string of the molecule is CCC(C)C1C(=O)NCC(=O)N(C)C(C(C)C)C(=O)C(C)N(Cc2ccc(OC)cc2)C(=O)NC(C)C(=O)C(C)(C)C(=O)NC(C)C(=O)NC(CC)C(C)C(=O)OC(C(C)C)C(=O)NCC(=O)N1C. The highest BCUT2D eigenvalue weighted by Gasteiger charge is 2.43. The number of carbonyl (C=O) groups is 10.